The number of ether oxygens (including phenoxy) is 4. The zero-order valence-electron chi connectivity index (χ0n) is 70.4. The number of amides is 1. The van der Waals surface area contributed by atoms with Crippen molar-refractivity contribution in [1.29, 1.82) is 0 Å². The highest BCUT2D eigenvalue weighted by molar-refractivity contribution is 5.76. The van der Waals surface area contributed by atoms with Crippen LogP contribution < -0.4 is 31.3 Å². The van der Waals surface area contributed by atoms with Gasteiger partial charge in [0, 0.05) is 72.5 Å². The van der Waals surface area contributed by atoms with E-state index in [-0.39, 0.29) is 49.8 Å². The standard InChI is InChI=1S/C19H33N.2C18H31NO.C16H32N2O2.C16H34N2O/c1-18(2,3)15-17-12-10-16(11-13-17)9-7-8-14-20-19(4,5)6;1-17(2,3)14-20-12-11-15-7-9-16(10-8-15)13-19-18(4,5)6;1-17(2,3)11-10-15-8-7-9-16(14-15)20-13-12-19-18(4,5)6;1-15(2,3)12-20-10-8-14(19)18-9-7-13(11-18)17-16(4,5)6;1-15(2,3)13-19-12-11-18-9-7-14(8-10-18)17-16(4,5)6/h10-13,20H,7-9,14-15H2,1-6H3;7-10,19H,11-14H2,1-6H3;7-9,14,19H,10-13H2,1-6H3;13,17H,7-12H2,1-6H3;14,17H,7-13H2,1-6H3/t;;;13-;/m...1./s1. The molecule has 0 spiro atoms. The molecule has 0 unspecified atom stereocenters. The van der Waals surface area contributed by atoms with Gasteiger partial charge in [0.2, 0.25) is 5.91 Å². The van der Waals surface area contributed by atoms with Gasteiger partial charge in [-0.15, -0.1) is 0 Å². The zero-order valence-corrected chi connectivity index (χ0v) is 70.4. The summed E-state index contributed by atoms with van der Waals surface area (Å²) >= 11 is 0. The number of likely N-dealkylation sites (tertiary alicyclic amines) is 2. The minimum Gasteiger partial charge on any atom is -0.492 e. The first kappa shape index (κ1) is 93.6. The summed E-state index contributed by atoms with van der Waals surface area (Å²) in [6.45, 7) is 79.8. The number of hydrogen-bond donors (Lipinski definition) is 5. The van der Waals surface area contributed by atoms with Crippen LogP contribution in [-0.4, -0.2) is 148 Å². The maximum Gasteiger partial charge on any atom is 0.224 e. The van der Waals surface area contributed by atoms with Crippen molar-refractivity contribution in [2.75, 3.05) is 92.1 Å². The molecule has 12 heteroatoms. The lowest BCUT2D eigenvalue weighted by molar-refractivity contribution is -0.131. The Morgan fingerprint density at radius 1 is 0.424 bits per heavy atom. The molecule has 99 heavy (non-hydrogen) atoms. The quantitative estimate of drug-likeness (QED) is 0.0447. The van der Waals surface area contributed by atoms with Crippen molar-refractivity contribution in [2.24, 2.45) is 27.1 Å². The molecule has 2 fully saturated rings. The Kier molecular flexibility index (Phi) is 42.0. The number of piperidine rings is 1. The number of nitrogens with one attached hydrogen (secondary N) is 5. The van der Waals surface area contributed by atoms with Gasteiger partial charge in [0.1, 0.15) is 12.4 Å². The second kappa shape index (κ2) is 44.4. The SMILES string of the molecule is CC(C)(C)CCc1cccc(OCCNC(C)(C)C)c1.CC(C)(C)COCCC(=O)N1CC[C@@H](NC(C)(C)C)C1.CC(C)(C)COCCN1CCC(NC(C)(C)C)CC1.CC(C)(C)COCCc1ccc(CNC(C)(C)C)cc1.CC(C)(C)Cc1ccc(CCCCNC(C)(C)C)cc1. The lowest BCUT2D eigenvalue weighted by Crippen LogP contribution is -2.49. The van der Waals surface area contributed by atoms with Crippen molar-refractivity contribution in [3.05, 3.63) is 101 Å². The molecule has 574 valence electrons. The Morgan fingerprint density at radius 2 is 0.889 bits per heavy atom. The highest BCUT2D eigenvalue weighted by atomic mass is 16.5. The smallest absolute Gasteiger partial charge is 0.224 e. The molecule has 0 aromatic heterocycles. The third-order valence-corrected chi connectivity index (χ3v) is 15.8. The molecule has 5 N–H and O–H groups in total. The van der Waals surface area contributed by atoms with Crippen LogP contribution in [-0.2, 0) is 51.2 Å². The fourth-order valence-electron chi connectivity index (χ4n) is 10.9. The molecule has 0 saturated carbocycles. The number of carbonyl (C=O) groups is 1. The maximum absolute atomic E-state index is 12.1. The monoisotopic (exact) mass is 1380 g/mol. The van der Waals surface area contributed by atoms with Crippen molar-refractivity contribution in [1.82, 2.24) is 36.4 Å². The number of unbranched alkanes of at least 4 members (excludes halogenated alkanes) is 1. The fourth-order valence-corrected chi connectivity index (χ4v) is 10.9. The van der Waals surface area contributed by atoms with E-state index in [9.17, 15) is 4.79 Å². The second-order valence-corrected chi connectivity index (χ2v) is 39.9. The van der Waals surface area contributed by atoms with Gasteiger partial charge >= 0.3 is 0 Å². The van der Waals surface area contributed by atoms with Crippen molar-refractivity contribution >= 4 is 5.91 Å². The van der Waals surface area contributed by atoms with Crippen molar-refractivity contribution < 1.29 is 23.7 Å². The van der Waals surface area contributed by atoms with Crippen molar-refractivity contribution in [3.63, 3.8) is 0 Å². The van der Waals surface area contributed by atoms with Gasteiger partial charge in [-0.3, -0.25) is 4.79 Å². The normalized spacial score (nSPS) is 15.6. The molecule has 2 saturated heterocycles. The Bertz CT molecular complexity index is 2540. The number of benzene rings is 3. The topological polar surface area (TPSA) is 121 Å². The number of aryl methyl sites for hydroxylation is 2. The summed E-state index contributed by atoms with van der Waals surface area (Å²) < 4.78 is 22.8. The van der Waals surface area contributed by atoms with Gasteiger partial charge in [0.25, 0.3) is 0 Å². The van der Waals surface area contributed by atoms with Crippen LogP contribution in [0.1, 0.15) is 280 Å². The van der Waals surface area contributed by atoms with Gasteiger partial charge in [-0.05, 0) is 255 Å². The molecular formula is C87H161N7O5. The summed E-state index contributed by atoms with van der Waals surface area (Å²) in [5, 5.41) is 17.7. The highest BCUT2D eigenvalue weighted by Gasteiger charge is 2.29. The number of rotatable bonds is 28. The average molecular weight is 1390 g/mol. The summed E-state index contributed by atoms with van der Waals surface area (Å²) in [5.74, 6) is 1.20. The Morgan fingerprint density at radius 3 is 1.38 bits per heavy atom. The first-order chi connectivity index (χ1) is 45.2. The number of nitrogens with zero attached hydrogens (tertiary/aromatic N) is 2. The molecule has 2 heterocycles. The Labute approximate surface area is 613 Å². The molecule has 1 atom stereocenters. The van der Waals surface area contributed by atoms with Gasteiger partial charge in [-0.25, -0.2) is 0 Å². The van der Waals surface area contributed by atoms with E-state index in [1.165, 1.54) is 79.4 Å². The van der Waals surface area contributed by atoms with Gasteiger partial charge < -0.3 is 55.3 Å². The van der Waals surface area contributed by atoms with Crippen LogP contribution in [0, 0.1) is 27.1 Å². The second-order valence-electron chi connectivity index (χ2n) is 39.9. The lowest BCUT2D eigenvalue weighted by atomic mass is 9.88. The first-order valence-electron chi connectivity index (χ1n) is 38.6. The predicted octanol–water partition coefficient (Wildman–Crippen LogP) is 18.9. The molecule has 12 nitrogen and oxygen atoms in total. The maximum atomic E-state index is 12.1. The number of carbonyl (C=O) groups excluding carboxylic acids is 1. The molecule has 0 bridgehead atoms. The molecule has 3 aromatic carbocycles. The summed E-state index contributed by atoms with van der Waals surface area (Å²) in [5.41, 5.74) is 9.33. The van der Waals surface area contributed by atoms with Crippen LogP contribution in [0.3, 0.4) is 0 Å². The van der Waals surface area contributed by atoms with Gasteiger partial charge in [0.15, 0.2) is 0 Å². The van der Waals surface area contributed by atoms with Crippen LogP contribution in [0.2, 0.25) is 0 Å². The van der Waals surface area contributed by atoms with E-state index >= 15 is 0 Å². The van der Waals surface area contributed by atoms with E-state index in [1.54, 1.807) is 0 Å². The molecule has 0 aliphatic carbocycles. The van der Waals surface area contributed by atoms with Crippen LogP contribution in [0.15, 0.2) is 72.8 Å². The summed E-state index contributed by atoms with van der Waals surface area (Å²) in [6, 6.07) is 27.6. The fraction of sp³-hybridized carbons (Fsp3) is 0.782. The molecule has 1 amide bonds. The van der Waals surface area contributed by atoms with E-state index in [0.717, 1.165) is 97.1 Å². The predicted molar refractivity (Wildman–Crippen MR) is 430 cm³/mol. The van der Waals surface area contributed by atoms with E-state index in [1.807, 2.05) is 11.0 Å². The van der Waals surface area contributed by atoms with Crippen LogP contribution in [0.4, 0.5) is 0 Å². The Hall–Kier alpha value is -3.43. The zero-order chi connectivity index (χ0) is 75.6. The van der Waals surface area contributed by atoms with Gasteiger partial charge in [0.05, 0.1) is 46.1 Å². The van der Waals surface area contributed by atoms with Gasteiger partial charge in [-0.2, -0.15) is 0 Å². The van der Waals surface area contributed by atoms with Gasteiger partial charge in [-0.1, -0.05) is 165 Å². The van der Waals surface area contributed by atoms with E-state index < -0.39 is 0 Å². The average Bonchev–Trinajstić information content (AvgIpc) is 1.83. The first-order valence-corrected chi connectivity index (χ1v) is 38.6. The van der Waals surface area contributed by atoms with E-state index in [0.29, 0.717) is 49.2 Å². The molecular weight excluding hydrogens is 1220 g/mol. The van der Waals surface area contributed by atoms with Crippen LogP contribution >= 0.6 is 0 Å². The third-order valence-electron chi connectivity index (χ3n) is 15.8. The third kappa shape index (κ3) is 58.6. The van der Waals surface area contributed by atoms with Crippen LogP contribution in [0.25, 0.3) is 0 Å². The summed E-state index contributed by atoms with van der Waals surface area (Å²) in [6.07, 6.45) is 12.2. The summed E-state index contributed by atoms with van der Waals surface area (Å²) in [7, 11) is 0. The summed E-state index contributed by atoms with van der Waals surface area (Å²) in [4.78, 5) is 16.6. The highest BCUT2D eigenvalue weighted by Crippen LogP contribution is 2.25. The Balaban J connectivity index is 0.000000619. The van der Waals surface area contributed by atoms with E-state index in [2.05, 4.69) is 306 Å². The largest absolute Gasteiger partial charge is 0.492 e. The molecule has 2 aliphatic rings. The van der Waals surface area contributed by atoms with Crippen molar-refractivity contribution in [3.8, 4) is 5.75 Å². The lowest BCUT2D eigenvalue weighted by Gasteiger charge is -2.36. The minimum absolute atomic E-state index is 0.111. The van der Waals surface area contributed by atoms with Crippen molar-refractivity contribution in [2.45, 2.75) is 325 Å². The minimum atomic E-state index is 0.111. The molecule has 0 radical (unpaired) electrons. The van der Waals surface area contributed by atoms with Crippen LogP contribution in [0.5, 0.6) is 5.75 Å². The molecule has 5 rings (SSSR count). The van der Waals surface area contributed by atoms with E-state index in [4.69, 9.17) is 18.9 Å². The molecule has 2 aliphatic heterocycles. The number of hydrogen-bond acceptors (Lipinski definition) is 11. The molecule has 3 aromatic rings.